The lowest BCUT2D eigenvalue weighted by atomic mass is 9.93. The molecule has 2 amide bonds. The fourth-order valence-corrected chi connectivity index (χ4v) is 4.84. The molecule has 1 aliphatic rings. The fraction of sp³-hybridized carbons (Fsp3) is 0.586. The van der Waals surface area contributed by atoms with Gasteiger partial charge in [0.15, 0.2) is 0 Å². The number of halogens is 1. The van der Waals surface area contributed by atoms with Crippen LogP contribution in [0.15, 0.2) is 42.6 Å². The molecule has 1 aromatic heterocycles. The first-order chi connectivity index (χ1) is 16.6. The summed E-state index contributed by atoms with van der Waals surface area (Å²) in [6, 6.07) is 10.8. The van der Waals surface area contributed by atoms with E-state index in [4.69, 9.17) is 0 Å². The molecule has 3 rings (SSSR count). The summed E-state index contributed by atoms with van der Waals surface area (Å²) >= 11 is 0. The molecule has 0 N–H and O–H groups in total. The smallest absolute Gasteiger partial charge is 0.242 e. The van der Waals surface area contributed by atoms with Crippen molar-refractivity contribution in [1.29, 1.82) is 0 Å². The lowest BCUT2D eigenvalue weighted by Gasteiger charge is -2.38. The largest absolute Gasteiger partial charge is 0.345 e. The Morgan fingerprint density at radius 1 is 1.09 bits per heavy atom. The second-order valence-electron chi connectivity index (χ2n) is 11.0. The minimum atomic E-state index is -0.538. The number of aromatic nitrogens is 1. The van der Waals surface area contributed by atoms with E-state index in [-0.39, 0.29) is 36.3 Å². The second-order valence-corrected chi connectivity index (χ2v) is 11.0. The van der Waals surface area contributed by atoms with Crippen molar-refractivity contribution in [1.82, 2.24) is 14.4 Å². The van der Waals surface area contributed by atoms with Gasteiger partial charge in [-0.2, -0.15) is 0 Å². The molecule has 1 aliphatic carbocycles. The van der Waals surface area contributed by atoms with Crippen LogP contribution in [0.4, 0.5) is 4.39 Å². The number of nitrogens with zero attached hydrogens (tertiary/aromatic N) is 3. The molecule has 1 saturated carbocycles. The molecule has 6 heteroatoms. The summed E-state index contributed by atoms with van der Waals surface area (Å²) in [4.78, 5) is 30.8. The molecule has 0 spiro atoms. The number of hydrogen-bond acceptors (Lipinski definition) is 2. The monoisotopic (exact) mass is 483 g/mol. The van der Waals surface area contributed by atoms with E-state index in [1.807, 2.05) is 44.9 Å². The van der Waals surface area contributed by atoms with Crippen molar-refractivity contribution >= 4 is 11.8 Å². The van der Waals surface area contributed by atoms with E-state index in [1.165, 1.54) is 18.6 Å². The highest BCUT2D eigenvalue weighted by Gasteiger charge is 2.34. The van der Waals surface area contributed by atoms with E-state index in [2.05, 4.69) is 17.6 Å². The zero-order valence-electron chi connectivity index (χ0n) is 22.1. The maximum Gasteiger partial charge on any atom is 0.242 e. The molecular weight excluding hydrogens is 441 g/mol. The molecule has 35 heavy (non-hydrogen) atoms. The third kappa shape index (κ3) is 7.18. The minimum Gasteiger partial charge on any atom is -0.345 e. The van der Waals surface area contributed by atoms with E-state index in [0.29, 0.717) is 13.1 Å². The summed E-state index contributed by atoms with van der Waals surface area (Å²) in [5.74, 6) is -0.209. The number of rotatable bonds is 9. The molecule has 1 fully saturated rings. The molecule has 1 unspecified atom stereocenters. The predicted molar refractivity (Wildman–Crippen MR) is 138 cm³/mol. The third-order valence-corrected chi connectivity index (χ3v) is 7.19. The Labute approximate surface area is 210 Å². The zero-order valence-corrected chi connectivity index (χ0v) is 22.1. The number of carbonyl (C=O) groups is 2. The van der Waals surface area contributed by atoms with Gasteiger partial charge in [0, 0.05) is 35.9 Å². The molecule has 1 aromatic carbocycles. The van der Waals surface area contributed by atoms with Crippen molar-refractivity contribution < 1.29 is 14.0 Å². The number of carbonyl (C=O) groups excluding carboxylic acids is 2. The van der Waals surface area contributed by atoms with Crippen LogP contribution in [0.3, 0.4) is 0 Å². The molecule has 0 aliphatic heterocycles. The summed E-state index contributed by atoms with van der Waals surface area (Å²) < 4.78 is 15.5. The quantitative estimate of drug-likeness (QED) is 0.438. The summed E-state index contributed by atoms with van der Waals surface area (Å²) in [7, 11) is 0. The van der Waals surface area contributed by atoms with Gasteiger partial charge < -0.3 is 14.4 Å². The first-order valence-electron chi connectivity index (χ1n) is 13.1. The van der Waals surface area contributed by atoms with E-state index in [1.54, 1.807) is 17.0 Å². The minimum absolute atomic E-state index is 0.00113. The van der Waals surface area contributed by atoms with Gasteiger partial charge in [-0.05, 0) is 56.0 Å². The second kappa shape index (κ2) is 11.9. The first-order valence-corrected chi connectivity index (χ1v) is 13.1. The summed E-state index contributed by atoms with van der Waals surface area (Å²) in [6.07, 6.45) is 8.28. The van der Waals surface area contributed by atoms with E-state index >= 15 is 0 Å². The predicted octanol–water partition coefficient (Wildman–Crippen LogP) is 6.01. The van der Waals surface area contributed by atoms with E-state index in [9.17, 15) is 14.0 Å². The molecule has 5 nitrogen and oxygen atoms in total. The Kier molecular flexibility index (Phi) is 9.15. The van der Waals surface area contributed by atoms with Crippen LogP contribution in [0.1, 0.15) is 84.4 Å². The Hall–Kier alpha value is -2.63. The van der Waals surface area contributed by atoms with Crippen molar-refractivity contribution in [3.63, 3.8) is 0 Å². The van der Waals surface area contributed by atoms with Gasteiger partial charge in [-0.1, -0.05) is 59.1 Å². The average molecular weight is 484 g/mol. The van der Waals surface area contributed by atoms with Gasteiger partial charge >= 0.3 is 0 Å². The Morgan fingerprint density at radius 3 is 2.34 bits per heavy atom. The maximum atomic E-state index is 13.8. The summed E-state index contributed by atoms with van der Waals surface area (Å²) in [6.45, 7) is 11.1. The van der Waals surface area contributed by atoms with Crippen LogP contribution in [0, 0.1) is 11.2 Å². The highest BCUT2D eigenvalue weighted by atomic mass is 19.1. The average Bonchev–Trinajstić information content (AvgIpc) is 3.27. The van der Waals surface area contributed by atoms with Gasteiger partial charge in [-0.25, -0.2) is 4.39 Å². The van der Waals surface area contributed by atoms with Gasteiger partial charge in [0.25, 0.3) is 0 Å². The molecule has 1 heterocycles. The Morgan fingerprint density at radius 2 is 1.74 bits per heavy atom. The summed E-state index contributed by atoms with van der Waals surface area (Å²) in [5, 5.41) is 0. The number of benzene rings is 1. The van der Waals surface area contributed by atoms with Crippen LogP contribution in [0.2, 0.25) is 0 Å². The van der Waals surface area contributed by atoms with Crippen molar-refractivity contribution in [3.8, 4) is 0 Å². The molecular formula is C29H42FN3O2. The molecule has 0 saturated heterocycles. The molecule has 0 radical (unpaired) electrons. The van der Waals surface area contributed by atoms with Gasteiger partial charge in [0.05, 0.1) is 6.54 Å². The maximum absolute atomic E-state index is 13.8. The molecule has 192 valence electrons. The van der Waals surface area contributed by atoms with Gasteiger partial charge in [0.2, 0.25) is 11.8 Å². The van der Waals surface area contributed by atoms with Crippen LogP contribution in [-0.2, 0) is 22.7 Å². The normalized spacial score (nSPS) is 15.6. The highest BCUT2D eigenvalue weighted by Crippen LogP contribution is 2.26. The van der Waals surface area contributed by atoms with Crippen LogP contribution in [0.5, 0.6) is 0 Å². The van der Waals surface area contributed by atoms with Crippen molar-refractivity contribution in [2.45, 2.75) is 98.3 Å². The number of amides is 2. The number of hydrogen-bond donors (Lipinski definition) is 0. The molecule has 0 bridgehead atoms. The van der Waals surface area contributed by atoms with Crippen LogP contribution in [-0.4, -0.2) is 44.8 Å². The Balaban J connectivity index is 1.83. The lowest BCUT2D eigenvalue weighted by molar-refractivity contribution is -0.149. The lowest BCUT2D eigenvalue weighted by Crippen LogP contribution is -2.52. The molecule has 1 atom stereocenters. The van der Waals surface area contributed by atoms with E-state index < -0.39 is 5.41 Å². The van der Waals surface area contributed by atoms with Gasteiger partial charge in [-0.3, -0.25) is 9.59 Å². The summed E-state index contributed by atoms with van der Waals surface area (Å²) in [5.41, 5.74) is 1.52. The third-order valence-electron chi connectivity index (χ3n) is 7.19. The Bertz CT molecular complexity index is 971. The standard InChI is InChI=1S/C29H42FN3O2/c1-6-22(2)32(28(35)29(3,4)5)21-27(34)33(25-11-8-7-9-12-25)20-26-13-10-18-31(26)19-23-14-16-24(30)17-15-23/h10,13-18,22,25H,6-9,11-12,19-21H2,1-5H3. The van der Waals surface area contributed by atoms with Crippen molar-refractivity contribution in [2.75, 3.05) is 6.54 Å². The topological polar surface area (TPSA) is 45.6 Å². The van der Waals surface area contributed by atoms with Crippen molar-refractivity contribution in [3.05, 3.63) is 59.7 Å². The molecule has 2 aromatic rings. The zero-order chi connectivity index (χ0) is 25.6. The van der Waals surface area contributed by atoms with Gasteiger partial charge in [0.1, 0.15) is 12.4 Å². The SMILES string of the molecule is CCC(C)N(CC(=O)N(Cc1cccn1Cc1ccc(F)cc1)C1CCCCC1)C(=O)C(C)(C)C. The first kappa shape index (κ1) is 27.0. The highest BCUT2D eigenvalue weighted by molar-refractivity contribution is 5.87. The van der Waals surface area contributed by atoms with Crippen LogP contribution < -0.4 is 0 Å². The fourth-order valence-electron chi connectivity index (χ4n) is 4.84. The van der Waals surface area contributed by atoms with Crippen molar-refractivity contribution in [2.24, 2.45) is 5.41 Å². The van der Waals surface area contributed by atoms with Crippen LogP contribution >= 0.6 is 0 Å². The van der Waals surface area contributed by atoms with Gasteiger partial charge in [-0.15, -0.1) is 0 Å². The van der Waals surface area contributed by atoms with Crippen LogP contribution in [0.25, 0.3) is 0 Å². The van der Waals surface area contributed by atoms with E-state index in [0.717, 1.165) is 43.4 Å².